The summed E-state index contributed by atoms with van der Waals surface area (Å²) in [4.78, 5) is 14.0. The van der Waals surface area contributed by atoms with Gasteiger partial charge in [-0.3, -0.25) is 0 Å². The fourth-order valence-electron chi connectivity index (χ4n) is 3.35. The SMILES string of the molecule is CC1CCN(CC(O)CNC(=O)NCCC2=CCCCC2)CC1. The van der Waals surface area contributed by atoms with Gasteiger partial charge < -0.3 is 20.6 Å². The number of aliphatic hydroxyl groups is 1. The number of nitrogens with zero attached hydrogens (tertiary/aromatic N) is 1. The summed E-state index contributed by atoms with van der Waals surface area (Å²) in [5.74, 6) is 0.798. The van der Waals surface area contributed by atoms with Crippen molar-refractivity contribution in [2.24, 2.45) is 5.92 Å². The van der Waals surface area contributed by atoms with Gasteiger partial charge in [-0.2, -0.15) is 0 Å². The average molecular weight is 323 g/mol. The molecule has 23 heavy (non-hydrogen) atoms. The minimum atomic E-state index is -0.491. The summed E-state index contributed by atoms with van der Waals surface area (Å²) in [5.41, 5.74) is 1.47. The molecule has 0 saturated carbocycles. The fourth-order valence-corrected chi connectivity index (χ4v) is 3.35. The molecule has 5 heteroatoms. The summed E-state index contributed by atoms with van der Waals surface area (Å²) < 4.78 is 0. The summed E-state index contributed by atoms with van der Waals surface area (Å²) in [7, 11) is 0. The van der Waals surface area contributed by atoms with E-state index in [1.54, 1.807) is 0 Å². The largest absolute Gasteiger partial charge is 0.390 e. The van der Waals surface area contributed by atoms with Crippen molar-refractivity contribution in [3.8, 4) is 0 Å². The summed E-state index contributed by atoms with van der Waals surface area (Å²) in [6.45, 7) is 6.04. The van der Waals surface area contributed by atoms with Crippen LogP contribution in [0, 0.1) is 5.92 Å². The van der Waals surface area contributed by atoms with Gasteiger partial charge in [-0.25, -0.2) is 4.79 Å². The van der Waals surface area contributed by atoms with E-state index in [1.807, 2.05) is 0 Å². The molecule has 3 N–H and O–H groups in total. The highest BCUT2D eigenvalue weighted by atomic mass is 16.3. The van der Waals surface area contributed by atoms with E-state index in [4.69, 9.17) is 0 Å². The lowest BCUT2D eigenvalue weighted by Gasteiger charge is -2.31. The van der Waals surface area contributed by atoms with Gasteiger partial charge in [-0.15, -0.1) is 0 Å². The van der Waals surface area contributed by atoms with Gasteiger partial charge in [0.2, 0.25) is 0 Å². The molecule has 1 atom stereocenters. The predicted octanol–water partition coefficient (Wildman–Crippen LogP) is 2.27. The van der Waals surface area contributed by atoms with Crippen LogP contribution >= 0.6 is 0 Å². The van der Waals surface area contributed by atoms with Crippen molar-refractivity contribution >= 4 is 6.03 Å². The first-order valence-corrected chi connectivity index (χ1v) is 9.23. The Hall–Kier alpha value is -1.07. The molecule has 0 aromatic rings. The normalized spacial score (nSPS) is 21.6. The topological polar surface area (TPSA) is 64.6 Å². The van der Waals surface area contributed by atoms with E-state index < -0.39 is 6.10 Å². The molecule has 1 saturated heterocycles. The zero-order valence-corrected chi connectivity index (χ0v) is 14.5. The predicted molar refractivity (Wildman–Crippen MR) is 93.4 cm³/mol. The zero-order chi connectivity index (χ0) is 16.5. The number of nitrogens with one attached hydrogen (secondary N) is 2. The van der Waals surface area contributed by atoms with Crippen LogP contribution in [0.3, 0.4) is 0 Å². The molecule has 5 nitrogen and oxygen atoms in total. The van der Waals surface area contributed by atoms with Crippen molar-refractivity contribution in [2.75, 3.05) is 32.7 Å². The maximum Gasteiger partial charge on any atom is 0.314 e. The first-order valence-electron chi connectivity index (χ1n) is 9.23. The highest BCUT2D eigenvalue weighted by Gasteiger charge is 2.18. The average Bonchev–Trinajstić information content (AvgIpc) is 2.56. The lowest BCUT2D eigenvalue weighted by molar-refractivity contribution is 0.0920. The Kier molecular flexibility index (Phi) is 7.89. The standard InChI is InChI=1S/C18H33N3O2/c1-15-8-11-21(12-9-15)14-17(22)13-20-18(23)19-10-7-16-5-3-2-4-6-16/h5,15,17,22H,2-4,6-14H2,1H3,(H2,19,20,23). The number of rotatable bonds is 7. The fraction of sp³-hybridized carbons (Fsp3) is 0.833. The zero-order valence-electron chi connectivity index (χ0n) is 14.5. The van der Waals surface area contributed by atoms with Gasteiger partial charge in [0.25, 0.3) is 0 Å². The van der Waals surface area contributed by atoms with Crippen LogP contribution in [-0.2, 0) is 0 Å². The van der Waals surface area contributed by atoms with Gasteiger partial charge >= 0.3 is 6.03 Å². The summed E-state index contributed by atoms with van der Waals surface area (Å²) in [5, 5.41) is 15.7. The monoisotopic (exact) mass is 323 g/mol. The van der Waals surface area contributed by atoms with Crippen molar-refractivity contribution < 1.29 is 9.90 Å². The van der Waals surface area contributed by atoms with E-state index in [-0.39, 0.29) is 6.03 Å². The number of carbonyl (C=O) groups is 1. The minimum Gasteiger partial charge on any atom is -0.390 e. The number of β-amino-alcohol motifs (C(OH)–C–C–N with tert-alkyl or cyclic N) is 1. The Balaban J connectivity index is 1.52. The summed E-state index contributed by atoms with van der Waals surface area (Å²) >= 11 is 0. The Morgan fingerprint density at radius 1 is 1.35 bits per heavy atom. The molecule has 2 aliphatic rings. The number of piperidine rings is 1. The molecular weight excluding hydrogens is 290 g/mol. The van der Waals surface area contributed by atoms with E-state index in [0.717, 1.165) is 25.4 Å². The van der Waals surface area contributed by atoms with E-state index in [9.17, 15) is 9.90 Å². The van der Waals surface area contributed by atoms with Gasteiger partial charge in [0.15, 0.2) is 0 Å². The third-order valence-corrected chi connectivity index (χ3v) is 4.96. The van der Waals surface area contributed by atoms with Crippen LogP contribution < -0.4 is 10.6 Å². The minimum absolute atomic E-state index is 0.173. The Morgan fingerprint density at radius 3 is 2.83 bits per heavy atom. The molecule has 0 spiro atoms. The highest BCUT2D eigenvalue weighted by Crippen LogP contribution is 2.19. The number of allylic oxidation sites excluding steroid dienone is 1. The van der Waals surface area contributed by atoms with E-state index in [0.29, 0.717) is 19.6 Å². The molecule has 132 valence electrons. The van der Waals surface area contributed by atoms with Crippen LogP contribution in [0.2, 0.25) is 0 Å². The second-order valence-electron chi connectivity index (χ2n) is 7.13. The smallest absolute Gasteiger partial charge is 0.314 e. The molecular formula is C18H33N3O2. The first kappa shape index (κ1) is 18.3. The molecule has 0 aromatic carbocycles. The lowest BCUT2D eigenvalue weighted by Crippen LogP contribution is -2.45. The molecule has 0 aromatic heterocycles. The Bertz CT molecular complexity index is 390. The quantitative estimate of drug-likeness (QED) is 0.630. The number of likely N-dealkylation sites (tertiary alicyclic amines) is 1. The van der Waals surface area contributed by atoms with Gasteiger partial charge in [-0.05, 0) is 64.0 Å². The molecule has 2 rings (SSSR count). The molecule has 1 unspecified atom stereocenters. The number of aliphatic hydroxyl groups excluding tert-OH is 1. The number of carbonyl (C=O) groups excluding carboxylic acids is 1. The number of hydrogen-bond donors (Lipinski definition) is 3. The molecule has 1 aliphatic carbocycles. The van der Waals surface area contributed by atoms with Gasteiger partial charge in [0.1, 0.15) is 0 Å². The van der Waals surface area contributed by atoms with Crippen molar-refractivity contribution in [2.45, 2.75) is 58.0 Å². The molecule has 0 radical (unpaired) electrons. The summed E-state index contributed by atoms with van der Waals surface area (Å²) in [6.07, 6.45) is 10.1. The van der Waals surface area contributed by atoms with Gasteiger partial charge in [0.05, 0.1) is 6.10 Å². The number of hydrogen-bond acceptors (Lipinski definition) is 3. The van der Waals surface area contributed by atoms with E-state index in [1.165, 1.54) is 44.1 Å². The molecule has 0 bridgehead atoms. The maximum atomic E-state index is 11.8. The van der Waals surface area contributed by atoms with Crippen LogP contribution in [0.4, 0.5) is 4.79 Å². The van der Waals surface area contributed by atoms with E-state index >= 15 is 0 Å². The molecule has 1 heterocycles. The lowest BCUT2D eigenvalue weighted by atomic mass is 9.97. The van der Waals surface area contributed by atoms with E-state index in [2.05, 4.69) is 28.5 Å². The number of amides is 2. The molecule has 2 amide bonds. The molecule has 1 fully saturated rings. The van der Waals surface area contributed by atoms with Crippen molar-refractivity contribution in [3.05, 3.63) is 11.6 Å². The van der Waals surface area contributed by atoms with Gasteiger partial charge in [-0.1, -0.05) is 18.6 Å². The van der Waals surface area contributed by atoms with Gasteiger partial charge in [0, 0.05) is 19.6 Å². The number of urea groups is 1. The Morgan fingerprint density at radius 2 is 2.13 bits per heavy atom. The first-order chi connectivity index (χ1) is 11.1. The van der Waals surface area contributed by atoms with Crippen molar-refractivity contribution in [1.29, 1.82) is 0 Å². The van der Waals surface area contributed by atoms with Crippen molar-refractivity contribution in [1.82, 2.24) is 15.5 Å². The second kappa shape index (κ2) is 9.93. The molecule has 1 aliphatic heterocycles. The third-order valence-electron chi connectivity index (χ3n) is 4.96. The highest BCUT2D eigenvalue weighted by molar-refractivity contribution is 5.73. The third kappa shape index (κ3) is 7.36. The van der Waals surface area contributed by atoms with Crippen LogP contribution in [0.1, 0.15) is 51.9 Å². The Labute approximate surface area is 140 Å². The van der Waals surface area contributed by atoms with Crippen LogP contribution in [0.5, 0.6) is 0 Å². The maximum absolute atomic E-state index is 11.8. The van der Waals surface area contributed by atoms with Crippen LogP contribution in [0.25, 0.3) is 0 Å². The van der Waals surface area contributed by atoms with Crippen molar-refractivity contribution in [3.63, 3.8) is 0 Å². The van der Waals surface area contributed by atoms with Crippen LogP contribution in [0.15, 0.2) is 11.6 Å². The second-order valence-corrected chi connectivity index (χ2v) is 7.13. The summed E-state index contributed by atoms with van der Waals surface area (Å²) in [6, 6.07) is -0.173. The van der Waals surface area contributed by atoms with Crippen LogP contribution in [-0.4, -0.2) is 54.9 Å².